The van der Waals surface area contributed by atoms with E-state index in [0.717, 1.165) is 27.9 Å². The summed E-state index contributed by atoms with van der Waals surface area (Å²) in [4.78, 5) is 10.6. The van der Waals surface area contributed by atoms with Gasteiger partial charge in [-0.2, -0.15) is 5.10 Å². The van der Waals surface area contributed by atoms with Crippen molar-refractivity contribution in [2.75, 3.05) is 5.01 Å². The first kappa shape index (κ1) is 20.3. The summed E-state index contributed by atoms with van der Waals surface area (Å²) in [5.74, 6) is 0.475. The van der Waals surface area contributed by atoms with Crippen molar-refractivity contribution in [3.05, 3.63) is 104 Å². The van der Waals surface area contributed by atoms with E-state index in [1.54, 1.807) is 12.1 Å². The van der Waals surface area contributed by atoms with Crippen molar-refractivity contribution in [3.63, 3.8) is 0 Å². The minimum absolute atomic E-state index is 0.0336. The van der Waals surface area contributed by atoms with Crippen LogP contribution >= 0.6 is 15.9 Å². The van der Waals surface area contributed by atoms with Gasteiger partial charge in [-0.05, 0) is 46.9 Å². The standard InChI is InChI=1S/C24H22BrN3O2/c1-16(2)17-3-5-19(6-4-17)24-15-23(18-7-9-20(25)10-8-18)26-27(24)21-11-13-22(14-12-21)28(29)30/h3-14,16,24H,15H2,1-2H3. The number of nitro groups is 1. The Morgan fingerprint density at radius 1 is 1.00 bits per heavy atom. The Balaban J connectivity index is 1.71. The average molecular weight is 464 g/mol. The molecule has 6 heteroatoms. The van der Waals surface area contributed by atoms with Gasteiger partial charge in [0.25, 0.3) is 5.69 Å². The van der Waals surface area contributed by atoms with Crippen molar-refractivity contribution in [1.29, 1.82) is 0 Å². The largest absolute Gasteiger partial charge is 0.269 e. The summed E-state index contributed by atoms with van der Waals surface area (Å²) in [6.07, 6.45) is 0.764. The first-order chi connectivity index (χ1) is 14.4. The minimum Gasteiger partial charge on any atom is -0.258 e. The average Bonchev–Trinajstić information content (AvgIpc) is 3.20. The topological polar surface area (TPSA) is 58.7 Å². The molecule has 3 aromatic rings. The predicted molar refractivity (Wildman–Crippen MR) is 124 cm³/mol. The Labute approximate surface area is 184 Å². The van der Waals surface area contributed by atoms with Crippen molar-refractivity contribution in [2.45, 2.75) is 32.2 Å². The Morgan fingerprint density at radius 2 is 1.63 bits per heavy atom. The van der Waals surface area contributed by atoms with Crippen molar-refractivity contribution in [3.8, 4) is 0 Å². The molecule has 3 aromatic carbocycles. The molecule has 5 nitrogen and oxygen atoms in total. The quantitative estimate of drug-likeness (QED) is 0.307. The highest BCUT2D eigenvalue weighted by molar-refractivity contribution is 9.10. The van der Waals surface area contributed by atoms with Crippen LogP contribution in [0.2, 0.25) is 0 Å². The van der Waals surface area contributed by atoms with Crippen LogP contribution in [0.25, 0.3) is 0 Å². The number of nitro benzene ring substituents is 1. The molecule has 1 aliphatic rings. The molecule has 1 aliphatic heterocycles. The van der Waals surface area contributed by atoms with Crippen LogP contribution in [0.5, 0.6) is 0 Å². The van der Waals surface area contributed by atoms with Crippen LogP contribution in [-0.2, 0) is 0 Å². The summed E-state index contributed by atoms with van der Waals surface area (Å²) >= 11 is 3.48. The van der Waals surface area contributed by atoms with Crippen LogP contribution in [0, 0.1) is 10.1 Å². The number of non-ortho nitro benzene ring substituents is 1. The van der Waals surface area contributed by atoms with E-state index >= 15 is 0 Å². The molecule has 1 unspecified atom stereocenters. The maximum atomic E-state index is 11.0. The van der Waals surface area contributed by atoms with E-state index in [4.69, 9.17) is 5.10 Å². The van der Waals surface area contributed by atoms with Crippen LogP contribution in [0.3, 0.4) is 0 Å². The molecule has 152 valence electrons. The molecule has 0 N–H and O–H groups in total. The zero-order valence-corrected chi connectivity index (χ0v) is 18.4. The summed E-state index contributed by atoms with van der Waals surface area (Å²) < 4.78 is 1.03. The molecule has 1 atom stereocenters. The number of hydrazone groups is 1. The van der Waals surface area contributed by atoms with Crippen LogP contribution in [-0.4, -0.2) is 10.6 Å². The fraction of sp³-hybridized carbons (Fsp3) is 0.208. The highest BCUT2D eigenvalue weighted by atomic mass is 79.9. The zero-order chi connectivity index (χ0) is 21.3. The molecule has 0 saturated carbocycles. The smallest absolute Gasteiger partial charge is 0.258 e. The minimum atomic E-state index is -0.383. The van der Waals surface area contributed by atoms with Crippen LogP contribution < -0.4 is 5.01 Å². The van der Waals surface area contributed by atoms with Crippen LogP contribution in [0.4, 0.5) is 11.4 Å². The lowest BCUT2D eigenvalue weighted by Gasteiger charge is -2.24. The van der Waals surface area contributed by atoms with Gasteiger partial charge in [-0.1, -0.05) is 66.2 Å². The van der Waals surface area contributed by atoms with E-state index in [1.165, 1.54) is 23.3 Å². The Morgan fingerprint density at radius 3 is 2.20 bits per heavy atom. The third-order valence-electron chi connectivity index (χ3n) is 5.40. The summed E-state index contributed by atoms with van der Waals surface area (Å²) in [5, 5.41) is 17.9. The molecule has 0 amide bonds. The van der Waals surface area contributed by atoms with E-state index in [0.29, 0.717) is 5.92 Å². The molecule has 0 fully saturated rings. The van der Waals surface area contributed by atoms with Crippen molar-refractivity contribution >= 4 is 33.0 Å². The molecule has 0 saturated heterocycles. The molecule has 0 bridgehead atoms. The molecule has 1 heterocycles. The van der Waals surface area contributed by atoms with Gasteiger partial charge in [0, 0.05) is 23.0 Å². The second kappa shape index (κ2) is 8.40. The van der Waals surface area contributed by atoms with Gasteiger partial charge in [-0.15, -0.1) is 0 Å². The number of anilines is 1. The molecular weight excluding hydrogens is 442 g/mol. The highest BCUT2D eigenvalue weighted by Gasteiger charge is 2.30. The number of benzene rings is 3. The summed E-state index contributed by atoms with van der Waals surface area (Å²) in [5.41, 5.74) is 5.46. The number of halogens is 1. The monoisotopic (exact) mass is 463 g/mol. The van der Waals surface area contributed by atoms with Gasteiger partial charge in [0.2, 0.25) is 0 Å². The lowest BCUT2D eigenvalue weighted by atomic mass is 9.95. The molecular formula is C24H22BrN3O2. The maximum Gasteiger partial charge on any atom is 0.269 e. The normalized spacial score (nSPS) is 16.1. The second-order valence-electron chi connectivity index (χ2n) is 7.71. The Kier molecular flexibility index (Phi) is 5.68. The third-order valence-corrected chi connectivity index (χ3v) is 5.93. The molecule has 0 radical (unpaired) electrons. The van der Waals surface area contributed by atoms with E-state index < -0.39 is 0 Å². The summed E-state index contributed by atoms with van der Waals surface area (Å²) in [6, 6.07) is 23.4. The van der Waals surface area contributed by atoms with E-state index in [1.807, 2.05) is 17.1 Å². The Bertz CT molecular complexity index is 1070. The van der Waals surface area contributed by atoms with Crippen molar-refractivity contribution < 1.29 is 4.92 Å². The van der Waals surface area contributed by atoms with Crippen LogP contribution in [0.15, 0.2) is 82.4 Å². The lowest BCUT2D eigenvalue weighted by molar-refractivity contribution is -0.384. The lowest BCUT2D eigenvalue weighted by Crippen LogP contribution is -2.18. The molecule has 0 aromatic heterocycles. The zero-order valence-electron chi connectivity index (χ0n) is 16.8. The van der Waals surface area contributed by atoms with E-state index in [9.17, 15) is 10.1 Å². The number of hydrogen-bond acceptors (Lipinski definition) is 4. The number of hydrogen-bond donors (Lipinski definition) is 0. The second-order valence-corrected chi connectivity index (χ2v) is 8.63. The third kappa shape index (κ3) is 4.14. The highest BCUT2D eigenvalue weighted by Crippen LogP contribution is 2.37. The van der Waals surface area contributed by atoms with Gasteiger partial charge in [0.15, 0.2) is 0 Å². The number of nitrogens with zero attached hydrogens (tertiary/aromatic N) is 3. The molecule has 0 spiro atoms. The fourth-order valence-corrected chi connectivity index (χ4v) is 3.92. The fourth-order valence-electron chi connectivity index (χ4n) is 3.65. The van der Waals surface area contributed by atoms with E-state index in [-0.39, 0.29) is 16.7 Å². The SMILES string of the molecule is CC(C)c1ccc(C2CC(c3ccc(Br)cc3)=NN2c2ccc([N+](=O)[O-])cc2)cc1. The van der Waals surface area contributed by atoms with Crippen molar-refractivity contribution in [1.82, 2.24) is 0 Å². The van der Waals surface area contributed by atoms with Gasteiger partial charge >= 0.3 is 0 Å². The predicted octanol–water partition coefficient (Wildman–Crippen LogP) is 6.84. The van der Waals surface area contributed by atoms with Gasteiger partial charge in [0.05, 0.1) is 22.4 Å². The van der Waals surface area contributed by atoms with Gasteiger partial charge in [-0.3, -0.25) is 15.1 Å². The molecule has 0 aliphatic carbocycles. The van der Waals surface area contributed by atoms with Crippen molar-refractivity contribution in [2.24, 2.45) is 5.10 Å². The molecule has 4 rings (SSSR count). The summed E-state index contributed by atoms with van der Waals surface area (Å²) in [7, 11) is 0. The van der Waals surface area contributed by atoms with Gasteiger partial charge in [-0.25, -0.2) is 0 Å². The van der Waals surface area contributed by atoms with E-state index in [2.05, 4.69) is 66.2 Å². The maximum absolute atomic E-state index is 11.0. The van der Waals surface area contributed by atoms with Gasteiger partial charge < -0.3 is 0 Å². The summed E-state index contributed by atoms with van der Waals surface area (Å²) in [6.45, 7) is 4.37. The molecule has 30 heavy (non-hydrogen) atoms. The number of rotatable bonds is 5. The first-order valence-electron chi connectivity index (χ1n) is 9.89. The van der Waals surface area contributed by atoms with Gasteiger partial charge in [0.1, 0.15) is 0 Å². The Hall–Kier alpha value is -2.99. The van der Waals surface area contributed by atoms with Crippen LogP contribution in [0.1, 0.15) is 48.9 Å². The first-order valence-corrected chi connectivity index (χ1v) is 10.7.